The molecule has 0 radical (unpaired) electrons. The van der Waals surface area contributed by atoms with Gasteiger partial charge in [-0.1, -0.05) is 29.8 Å². The molecule has 0 unspecified atom stereocenters. The lowest BCUT2D eigenvalue weighted by atomic mass is 10.0. The Balaban J connectivity index is 1.50. The number of thiophene rings is 1. The number of aromatic nitrogens is 6. The van der Waals surface area contributed by atoms with E-state index < -0.39 is 23.9 Å². The molecule has 6 rings (SSSR count). The summed E-state index contributed by atoms with van der Waals surface area (Å²) in [6.07, 6.45) is 1.64. The predicted octanol–water partition coefficient (Wildman–Crippen LogP) is 5.31. The molecule has 0 spiro atoms. The van der Waals surface area contributed by atoms with Gasteiger partial charge in [-0.2, -0.15) is 10.2 Å². The molecule has 5 aromatic heterocycles. The van der Waals surface area contributed by atoms with Crippen molar-refractivity contribution in [3.8, 4) is 22.4 Å². The second-order valence-electron chi connectivity index (χ2n) is 9.46. The zero-order valence-electron chi connectivity index (χ0n) is 22.0. The van der Waals surface area contributed by atoms with Crippen molar-refractivity contribution in [1.29, 1.82) is 0 Å². The molecule has 1 aromatic carbocycles. The number of hydrogen-bond donors (Lipinski definition) is 2. The van der Waals surface area contributed by atoms with E-state index in [1.54, 1.807) is 35.4 Å². The summed E-state index contributed by atoms with van der Waals surface area (Å²) in [5.74, 6) is -1.45. The molecule has 2 amide bonds. The number of nitrogens with two attached hydrogens (primary N) is 1. The number of anilines is 1. The van der Waals surface area contributed by atoms with Crippen molar-refractivity contribution in [3.63, 3.8) is 0 Å². The first kappa shape index (κ1) is 26.2. The highest BCUT2D eigenvalue weighted by Crippen LogP contribution is 2.43. The van der Waals surface area contributed by atoms with Crippen molar-refractivity contribution in [3.05, 3.63) is 82.4 Å². The van der Waals surface area contributed by atoms with Crippen LogP contribution in [0, 0.1) is 13.8 Å². The molecule has 13 heteroatoms. The minimum atomic E-state index is -2.86. The molecule has 206 valence electrons. The third kappa shape index (κ3) is 4.39. The summed E-state index contributed by atoms with van der Waals surface area (Å²) in [6.45, 7) is 3.77. The van der Waals surface area contributed by atoms with Crippen LogP contribution < -0.4 is 11.1 Å². The number of carbonyl (C=O) groups excluding carboxylic acids is 2. The van der Waals surface area contributed by atoms with Crippen LogP contribution in [0.2, 0.25) is 0 Å². The highest BCUT2D eigenvalue weighted by Gasteiger charge is 2.27. The van der Waals surface area contributed by atoms with Crippen molar-refractivity contribution in [2.75, 3.05) is 5.32 Å². The second-order valence-corrected chi connectivity index (χ2v) is 10.5. The van der Waals surface area contributed by atoms with Crippen LogP contribution in [-0.2, 0) is 7.05 Å². The van der Waals surface area contributed by atoms with Crippen LogP contribution in [0.1, 0.15) is 43.4 Å². The van der Waals surface area contributed by atoms with Gasteiger partial charge in [-0.3, -0.25) is 14.3 Å². The van der Waals surface area contributed by atoms with Gasteiger partial charge in [-0.15, -0.1) is 11.3 Å². The monoisotopic (exact) mass is 572 g/mol. The van der Waals surface area contributed by atoms with E-state index in [0.29, 0.717) is 27.9 Å². The number of benzene rings is 1. The highest BCUT2D eigenvalue weighted by atomic mass is 32.1. The van der Waals surface area contributed by atoms with Gasteiger partial charge in [-0.05, 0) is 31.5 Å². The van der Waals surface area contributed by atoms with Crippen LogP contribution in [0.25, 0.3) is 38.2 Å². The maximum atomic E-state index is 13.8. The SMILES string of the molecule is Cc1ccc(-c2ccnc3c(C(=O)Nc4c(C(N)=O)sc5nc(C(F)F)cc(-c6cnn(C)c6C)c45)cnn23)cc1. The Morgan fingerprint density at radius 3 is 2.46 bits per heavy atom. The molecule has 0 aliphatic rings. The first-order chi connectivity index (χ1) is 19.6. The fourth-order valence-corrected chi connectivity index (χ4v) is 5.69. The van der Waals surface area contributed by atoms with E-state index in [-0.39, 0.29) is 21.0 Å². The van der Waals surface area contributed by atoms with Gasteiger partial charge < -0.3 is 11.1 Å². The van der Waals surface area contributed by atoms with Gasteiger partial charge in [0, 0.05) is 35.5 Å². The van der Waals surface area contributed by atoms with Crippen LogP contribution >= 0.6 is 11.3 Å². The molecule has 0 aliphatic carbocycles. The molecule has 3 N–H and O–H groups in total. The molecule has 0 bridgehead atoms. The van der Waals surface area contributed by atoms with E-state index in [1.807, 2.05) is 31.2 Å². The summed E-state index contributed by atoms with van der Waals surface area (Å²) in [4.78, 5) is 34.7. The standard InChI is InChI=1S/C28H22F2N8O2S/c1-13-4-6-15(7-5-13)20-8-9-32-26-18(12-34-38(20)26)27(40)36-22-21-16(17-11-33-37(3)14(17)2)10-19(24(29)30)35-28(21)41-23(22)25(31)39/h4-12,24H,1-3H3,(H2,31,39)(H,36,40). The van der Waals surface area contributed by atoms with E-state index in [2.05, 4.69) is 25.5 Å². The molecule has 41 heavy (non-hydrogen) atoms. The Bertz CT molecular complexity index is 1990. The quantitative estimate of drug-likeness (QED) is 0.278. The number of aryl methyl sites for hydroxylation is 2. The number of nitrogens with zero attached hydrogens (tertiary/aromatic N) is 6. The Morgan fingerprint density at radius 1 is 1.05 bits per heavy atom. The van der Waals surface area contributed by atoms with Crippen LogP contribution in [0.5, 0.6) is 0 Å². The zero-order chi connectivity index (χ0) is 29.0. The number of primary amides is 1. The summed E-state index contributed by atoms with van der Waals surface area (Å²) in [5, 5.41) is 11.7. The molecule has 0 aliphatic heterocycles. The minimum Gasteiger partial charge on any atom is -0.365 e. The maximum Gasteiger partial charge on any atom is 0.280 e. The number of rotatable bonds is 6. The van der Waals surface area contributed by atoms with Crippen LogP contribution in [0.15, 0.2) is 55.0 Å². The summed E-state index contributed by atoms with van der Waals surface area (Å²) < 4.78 is 30.8. The first-order valence-electron chi connectivity index (χ1n) is 12.4. The Kier molecular flexibility index (Phi) is 6.30. The van der Waals surface area contributed by atoms with Gasteiger partial charge in [0.1, 0.15) is 21.0 Å². The average Bonchev–Trinajstić information content (AvgIpc) is 3.64. The van der Waals surface area contributed by atoms with Crippen LogP contribution in [0.3, 0.4) is 0 Å². The molecule has 0 saturated heterocycles. The van der Waals surface area contributed by atoms with Gasteiger partial charge >= 0.3 is 0 Å². The van der Waals surface area contributed by atoms with Gasteiger partial charge in [0.15, 0.2) is 5.65 Å². The highest BCUT2D eigenvalue weighted by molar-refractivity contribution is 7.21. The van der Waals surface area contributed by atoms with Gasteiger partial charge in [0.25, 0.3) is 18.2 Å². The molecule has 0 atom stereocenters. The number of pyridine rings is 1. The van der Waals surface area contributed by atoms with Crippen LogP contribution in [-0.4, -0.2) is 41.2 Å². The number of alkyl halides is 2. The van der Waals surface area contributed by atoms with Crippen molar-refractivity contribution in [1.82, 2.24) is 29.4 Å². The lowest BCUT2D eigenvalue weighted by Crippen LogP contribution is -2.17. The topological polar surface area (TPSA) is 133 Å². The third-order valence-corrected chi connectivity index (χ3v) is 7.98. The number of nitrogens with one attached hydrogen (secondary N) is 1. The summed E-state index contributed by atoms with van der Waals surface area (Å²) in [5.41, 5.74) is 10.0. The smallest absolute Gasteiger partial charge is 0.280 e. The Labute approximate surface area is 235 Å². The number of fused-ring (bicyclic) bond motifs is 2. The molecule has 0 saturated carbocycles. The fraction of sp³-hybridized carbons (Fsp3) is 0.143. The largest absolute Gasteiger partial charge is 0.365 e. The number of carbonyl (C=O) groups is 2. The Hall–Kier alpha value is -5.04. The predicted molar refractivity (Wildman–Crippen MR) is 151 cm³/mol. The summed E-state index contributed by atoms with van der Waals surface area (Å²) in [7, 11) is 1.72. The number of halogens is 2. The summed E-state index contributed by atoms with van der Waals surface area (Å²) >= 11 is 0.831. The van der Waals surface area contributed by atoms with E-state index in [9.17, 15) is 18.4 Å². The number of hydrogen-bond acceptors (Lipinski definition) is 7. The van der Waals surface area contributed by atoms with Gasteiger partial charge in [0.05, 0.1) is 23.8 Å². The average molecular weight is 573 g/mol. The van der Waals surface area contributed by atoms with E-state index in [4.69, 9.17) is 5.73 Å². The number of amides is 2. The van der Waals surface area contributed by atoms with Crippen molar-refractivity contribution >= 4 is 44.7 Å². The van der Waals surface area contributed by atoms with Crippen molar-refractivity contribution in [2.45, 2.75) is 20.3 Å². The Morgan fingerprint density at radius 2 is 1.80 bits per heavy atom. The second kappa shape index (κ2) is 9.86. The third-order valence-electron chi connectivity index (χ3n) is 6.89. The molecule has 10 nitrogen and oxygen atoms in total. The minimum absolute atomic E-state index is 0.0279. The molecule has 0 fully saturated rings. The first-order valence-corrected chi connectivity index (χ1v) is 13.2. The van der Waals surface area contributed by atoms with Crippen molar-refractivity contribution in [2.24, 2.45) is 12.8 Å². The van der Waals surface area contributed by atoms with Gasteiger partial charge in [-0.25, -0.2) is 23.3 Å². The normalized spacial score (nSPS) is 11.6. The van der Waals surface area contributed by atoms with Crippen molar-refractivity contribution < 1.29 is 18.4 Å². The van der Waals surface area contributed by atoms with E-state index in [0.717, 1.165) is 28.2 Å². The van der Waals surface area contributed by atoms with E-state index >= 15 is 0 Å². The maximum absolute atomic E-state index is 13.8. The zero-order valence-corrected chi connectivity index (χ0v) is 22.8. The summed E-state index contributed by atoms with van der Waals surface area (Å²) in [6, 6.07) is 10.9. The van der Waals surface area contributed by atoms with Gasteiger partial charge in [0.2, 0.25) is 0 Å². The molecule has 6 aromatic rings. The fourth-order valence-electron chi connectivity index (χ4n) is 4.67. The molecular formula is C28H22F2N8O2S. The molecule has 5 heterocycles. The lowest BCUT2D eigenvalue weighted by Gasteiger charge is -2.11. The van der Waals surface area contributed by atoms with Crippen LogP contribution in [0.4, 0.5) is 14.5 Å². The van der Waals surface area contributed by atoms with E-state index in [1.165, 1.54) is 18.5 Å². The lowest BCUT2D eigenvalue weighted by molar-refractivity contribution is 0.100. The molecular weight excluding hydrogens is 550 g/mol.